The average molecular weight is 451 g/mol. The number of hydrogen-bond acceptors (Lipinski definition) is 7. The number of aromatic nitrogens is 4. The van der Waals surface area contributed by atoms with E-state index in [2.05, 4.69) is 61.7 Å². The first-order valence-corrected chi connectivity index (χ1v) is 12.1. The Labute approximate surface area is 193 Å². The first-order chi connectivity index (χ1) is 16.0. The lowest BCUT2D eigenvalue weighted by Gasteiger charge is -2.52. The summed E-state index contributed by atoms with van der Waals surface area (Å²) in [5.74, 6) is 0.740. The number of fused-ring (bicyclic) bond motifs is 1. The van der Waals surface area contributed by atoms with Crippen LogP contribution in [0.5, 0.6) is 0 Å². The number of nitrogens with two attached hydrogens (primary N) is 1. The van der Waals surface area contributed by atoms with E-state index >= 15 is 0 Å². The minimum Gasteiger partial charge on any atom is -0.382 e. The molecule has 2 aliphatic rings. The molecule has 0 radical (unpaired) electrons. The van der Waals surface area contributed by atoms with E-state index in [0.717, 1.165) is 44.6 Å². The van der Waals surface area contributed by atoms with Crippen LogP contribution in [0.3, 0.4) is 0 Å². The topological polar surface area (TPSA) is 117 Å². The van der Waals surface area contributed by atoms with Crippen LogP contribution >= 0.6 is 0 Å². The molecule has 9 heteroatoms. The molecule has 1 spiro atoms. The van der Waals surface area contributed by atoms with Crippen LogP contribution in [0.1, 0.15) is 43.7 Å². The van der Waals surface area contributed by atoms with Gasteiger partial charge in [-0.2, -0.15) is 9.97 Å². The van der Waals surface area contributed by atoms with Gasteiger partial charge in [0.05, 0.1) is 6.54 Å². The van der Waals surface area contributed by atoms with Crippen LogP contribution in [-0.2, 0) is 13.1 Å². The van der Waals surface area contributed by atoms with Crippen molar-refractivity contribution in [1.82, 2.24) is 29.7 Å². The summed E-state index contributed by atoms with van der Waals surface area (Å²) in [4.78, 5) is 26.8. The minimum absolute atomic E-state index is 0.228. The number of unbranched alkanes of at least 4 members (excludes halogenated alkanes) is 1. The molecule has 0 amide bonds. The zero-order valence-electron chi connectivity index (χ0n) is 19.4. The first-order valence-electron chi connectivity index (χ1n) is 12.1. The predicted octanol–water partition coefficient (Wildman–Crippen LogP) is 2.15. The molecule has 5 rings (SSSR count). The Morgan fingerprint density at radius 2 is 1.79 bits per heavy atom. The van der Waals surface area contributed by atoms with Gasteiger partial charge in [-0.3, -0.25) is 9.47 Å². The van der Waals surface area contributed by atoms with Gasteiger partial charge in [0.15, 0.2) is 11.5 Å². The molecule has 2 aliphatic heterocycles. The number of rotatable bonds is 8. The Morgan fingerprint density at radius 3 is 2.48 bits per heavy atom. The maximum Gasteiger partial charge on any atom is 0.328 e. The van der Waals surface area contributed by atoms with Gasteiger partial charge in [-0.1, -0.05) is 37.6 Å². The first kappa shape index (κ1) is 21.9. The van der Waals surface area contributed by atoms with Crippen LogP contribution in [0.4, 0.5) is 11.8 Å². The number of piperidine rings is 1. The van der Waals surface area contributed by atoms with Crippen molar-refractivity contribution in [2.24, 2.45) is 5.41 Å². The smallest absolute Gasteiger partial charge is 0.328 e. The molecule has 4 heterocycles. The fraction of sp³-hybridized carbons (Fsp3) is 0.542. The zero-order valence-corrected chi connectivity index (χ0v) is 19.4. The van der Waals surface area contributed by atoms with E-state index in [-0.39, 0.29) is 11.5 Å². The highest BCUT2D eigenvalue weighted by atomic mass is 16.1. The Balaban J connectivity index is 1.26. The van der Waals surface area contributed by atoms with Crippen molar-refractivity contribution < 1.29 is 0 Å². The number of nitrogens with zero attached hydrogens (tertiary/aromatic N) is 4. The summed E-state index contributed by atoms with van der Waals surface area (Å²) in [7, 11) is 0. The normalized spacial score (nSPS) is 18.0. The maximum absolute atomic E-state index is 12.6. The monoisotopic (exact) mass is 450 g/mol. The SMILES string of the molecule is CCCCNc1nc(N)c2[nH]c(=O)n(Cc3ccc(CN4CC5(CCNCC5)C4)cc3)c2n1. The van der Waals surface area contributed by atoms with Crippen LogP contribution in [0, 0.1) is 5.41 Å². The molecule has 2 saturated heterocycles. The lowest BCUT2D eigenvalue weighted by molar-refractivity contribution is -0.0282. The summed E-state index contributed by atoms with van der Waals surface area (Å²) in [5.41, 5.74) is 9.79. The van der Waals surface area contributed by atoms with E-state index in [0.29, 0.717) is 29.1 Å². The van der Waals surface area contributed by atoms with Crippen LogP contribution < -0.4 is 22.1 Å². The highest BCUT2D eigenvalue weighted by Crippen LogP contribution is 2.39. The van der Waals surface area contributed by atoms with Gasteiger partial charge < -0.3 is 21.4 Å². The van der Waals surface area contributed by atoms with Gasteiger partial charge in [0.1, 0.15) is 5.52 Å². The Bertz CT molecular complexity index is 1150. The van der Waals surface area contributed by atoms with E-state index in [1.54, 1.807) is 4.57 Å². The summed E-state index contributed by atoms with van der Waals surface area (Å²) in [5, 5.41) is 6.66. The highest BCUT2D eigenvalue weighted by Gasteiger charge is 2.42. The van der Waals surface area contributed by atoms with Crippen molar-refractivity contribution in [1.29, 1.82) is 0 Å². The summed E-state index contributed by atoms with van der Waals surface area (Å²) in [6.45, 7) is 9.04. The van der Waals surface area contributed by atoms with Gasteiger partial charge in [0.25, 0.3) is 0 Å². The molecule has 0 unspecified atom stereocenters. The third-order valence-corrected chi connectivity index (χ3v) is 7.02. The Kier molecular flexibility index (Phi) is 6.07. The van der Waals surface area contributed by atoms with Gasteiger partial charge >= 0.3 is 5.69 Å². The number of likely N-dealkylation sites (tertiary alicyclic amines) is 1. The third kappa shape index (κ3) is 4.60. The summed E-state index contributed by atoms with van der Waals surface area (Å²) in [6, 6.07) is 8.55. The standard InChI is InChI=1S/C24H34N8O/c1-2-3-10-27-22-29-20(25)19-21(30-22)32(23(33)28-19)14-18-6-4-17(5-7-18)13-31-15-24(16-31)8-11-26-12-9-24/h4-7,26H,2-3,8-16H2,1H3,(H,28,33)(H3,25,27,29,30). The molecule has 33 heavy (non-hydrogen) atoms. The number of hydrogen-bond donors (Lipinski definition) is 4. The number of nitrogen functional groups attached to an aromatic ring is 1. The molecule has 2 fully saturated rings. The molecule has 0 atom stereocenters. The van der Waals surface area contributed by atoms with Crippen LogP contribution in [0.2, 0.25) is 0 Å². The number of aromatic amines is 1. The molecular weight excluding hydrogens is 416 g/mol. The highest BCUT2D eigenvalue weighted by molar-refractivity contribution is 5.82. The molecule has 2 aromatic heterocycles. The Hall–Kier alpha value is -2.91. The average Bonchev–Trinajstić information content (AvgIpc) is 3.11. The molecule has 3 aromatic rings. The van der Waals surface area contributed by atoms with E-state index in [1.165, 1.54) is 31.5 Å². The van der Waals surface area contributed by atoms with E-state index in [4.69, 9.17) is 5.73 Å². The van der Waals surface area contributed by atoms with Gasteiger partial charge in [0, 0.05) is 26.2 Å². The fourth-order valence-corrected chi connectivity index (χ4v) is 5.13. The second-order valence-electron chi connectivity index (χ2n) is 9.64. The minimum atomic E-state index is -0.228. The lowest BCUT2D eigenvalue weighted by atomic mass is 9.72. The van der Waals surface area contributed by atoms with Crippen LogP contribution in [-0.4, -0.2) is 57.1 Å². The third-order valence-electron chi connectivity index (χ3n) is 7.02. The molecule has 0 aliphatic carbocycles. The van der Waals surface area contributed by atoms with Gasteiger partial charge in [-0.25, -0.2) is 4.79 Å². The molecule has 0 saturated carbocycles. The largest absolute Gasteiger partial charge is 0.382 e. The quantitative estimate of drug-likeness (QED) is 0.389. The summed E-state index contributed by atoms with van der Waals surface area (Å²) >= 11 is 0. The fourth-order valence-electron chi connectivity index (χ4n) is 5.13. The summed E-state index contributed by atoms with van der Waals surface area (Å²) in [6.07, 6.45) is 4.69. The molecule has 5 N–H and O–H groups in total. The van der Waals surface area contributed by atoms with E-state index < -0.39 is 0 Å². The van der Waals surface area contributed by atoms with Crippen LogP contribution in [0.15, 0.2) is 29.1 Å². The zero-order chi connectivity index (χ0) is 22.8. The molecule has 1 aromatic carbocycles. The van der Waals surface area contributed by atoms with Crippen molar-refractivity contribution in [3.8, 4) is 0 Å². The molecule has 0 bridgehead atoms. The van der Waals surface area contributed by atoms with Gasteiger partial charge in [0.2, 0.25) is 5.95 Å². The van der Waals surface area contributed by atoms with Crippen LogP contribution in [0.25, 0.3) is 11.2 Å². The second kappa shape index (κ2) is 9.15. The predicted molar refractivity (Wildman–Crippen MR) is 131 cm³/mol. The number of nitrogens with one attached hydrogen (secondary N) is 3. The van der Waals surface area contributed by atoms with Gasteiger partial charge in [-0.15, -0.1) is 0 Å². The number of H-pyrrole nitrogens is 1. The summed E-state index contributed by atoms with van der Waals surface area (Å²) < 4.78 is 1.63. The maximum atomic E-state index is 12.6. The molecular formula is C24H34N8O. The van der Waals surface area contributed by atoms with Crippen molar-refractivity contribution in [3.05, 3.63) is 45.9 Å². The Morgan fingerprint density at radius 1 is 1.09 bits per heavy atom. The van der Waals surface area contributed by atoms with Crippen molar-refractivity contribution >= 4 is 22.9 Å². The van der Waals surface area contributed by atoms with Crippen molar-refractivity contribution in [2.75, 3.05) is 43.8 Å². The van der Waals surface area contributed by atoms with Gasteiger partial charge in [-0.05, 0) is 48.9 Å². The van der Waals surface area contributed by atoms with Crippen molar-refractivity contribution in [2.45, 2.75) is 45.7 Å². The van der Waals surface area contributed by atoms with E-state index in [1.807, 2.05) is 0 Å². The lowest BCUT2D eigenvalue weighted by Crippen LogP contribution is -2.59. The second-order valence-corrected chi connectivity index (χ2v) is 9.64. The number of benzene rings is 1. The molecule has 9 nitrogen and oxygen atoms in total. The molecule has 176 valence electrons. The van der Waals surface area contributed by atoms with E-state index in [9.17, 15) is 4.79 Å². The number of imidazole rings is 1. The van der Waals surface area contributed by atoms with Crippen molar-refractivity contribution in [3.63, 3.8) is 0 Å². The number of anilines is 2.